The number of nitrogens with one attached hydrogen (secondary N) is 1. The molecule has 0 unspecified atom stereocenters. The molecule has 21 heavy (non-hydrogen) atoms. The zero-order chi connectivity index (χ0) is 15.6. The van der Waals surface area contributed by atoms with E-state index in [1.54, 1.807) is 12.1 Å². The molecule has 0 radical (unpaired) electrons. The van der Waals surface area contributed by atoms with E-state index >= 15 is 0 Å². The Morgan fingerprint density at radius 1 is 1.24 bits per heavy atom. The minimum Gasteiger partial charge on any atom is -0.368 e. The molecule has 0 aliphatic rings. The Bertz CT molecular complexity index is 606. The Hall–Kier alpha value is -1.79. The minimum atomic E-state index is -2.69. The molecule has 2 aromatic heterocycles. The second kappa shape index (κ2) is 5.91. The SMILES string of the molecule is CC(C)CC(C)(C)CNc1ccc2nnc(C(F)F)n2n1. The quantitative estimate of drug-likeness (QED) is 0.886. The number of anilines is 1. The van der Waals surface area contributed by atoms with Crippen molar-refractivity contribution >= 4 is 11.5 Å². The maximum absolute atomic E-state index is 12.8. The molecule has 1 N–H and O–H groups in total. The molecular weight excluding hydrogens is 276 g/mol. The van der Waals surface area contributed by atoms with Crippen molar-refractivity contribution in [3.63, 3.8) is 0 Å². The average molecular weight is 297 g/mol. The molecule has 2 rings (SSSR count). The second-order valence-corrected chi connectivity index (χ2v) is 6.46. The van der Waals surface area contributed by atoms with Gasteiger partial charge >= 0.3 is 0 Å². The Morgan fingerprint density at radius 2 is 1.95 bits per heavy atom. The highest BCUT2D eigenvalue weighted by Crippen LogP contribution is 2.25. The van der Waals surface area contributed by atoms with Crippen molar-refractivity contribution in [3.8, 4) is 0 Å². The average Bonchev–Trinajstić information content (AvgIpc) is 2.78. The summed E-state index contributed by atoms with van der Waals surface area (Å²) in [6, 6.07) is 3.36. The topological polar surface area (TPSA) is 55.1 Å². The number of hydrogen-bond acceptors (Lipinski definition) is 4. The molecule has 0 aliphatic heterocycles. The summed E-state index contributed by atoms with van der Waals surface area (Å²) in [5, 5.41) is 14.5. The third-order valence-corrected chi connectivity index (χ3v) is 3.19. The van der Waals surface area contributed by atoms with Crippen LogP contribution in [0, 0.1) is 11.3 Å². The third kappa shape index (κ3) is 3.86. The third-order valence-electron chi connectivity index (χ3n) is 3.19. The fourth-order valence-corrected chi connectivity index (χ4v) is 2.54. The molecule has 0 saturated carbocycles. The van der Waals surface area contributed by atoms with E-state index in [1.165, 1.54) is 0 Å². The van der Waals surface area contributed by atoms with Gasteiger partial charge in [-0.05, 0) is 29.9 Å². The lowest BCUT2D eigenvalue weighted by Gasteiger charge is -2.27. The predicted molar refractivity (Wildman–Crippen MR) is 77.5 cm³/mol. The van der Waals surface area contributed by atoms with E-state index in [2.05, 4.69) is 48.3 Å². The van der Waals surface area contributed by atoms with Crippen molar-refractivity contribution in [2.75, 3.05) is 11.9 Å². The lowest BCUT2D eigenvalue weighted by molar-refractivity contribution is 0.137. The van der Waals surface area contributed by atoms with Crippen LogP contribution in [0.15, 0.2) is 12.1 Å². The Labute approximate surface area is 122 Å². The van der Waals surface area contributed by atoms with Gasteiger partial charge in [-0.15, -0.1) is 15.3 Å². The maximum atomic E-state index is 12.8. The lowest BCUT2D eigenvalue weighted by atomic mass is 9.84. The van der Waals surface area contributed by atoms with Crippen LogP contribution in [-0.4, -0.2) is 26.4 Å². The molecule has 0 aromatic carbocycles. The number of nitrogens with zero attached hydrogens (tertiary/aromatic N) is 4. The van der Waals surface area contributed by atoms with Gasteiger partial charge in [-0.2, -0.15) is 4.52 Å². The van der Waals surface area contributed by atoms with E-state index in [-0.39, 0.29) is 5.41 Å². The zero-order valence-corrected chi connectivity index (χ0v) is 12.8. The van der Waals surface area contributed by atoms with Gasteiger partial charge in [0, 0.05) is 6.54 Å². The van der Waals surface area contributed by atoms with E-state index in [0.29, 0.717) is 17.4 Å². The van der Waals surface area contributed by atoms with Crippen molar-refractivity contribution in [1.82, 2.24) is 19.8 Å². The molecule has 0 aliphatic carbocycles. The van der Waals surface area contributed by atoms with Gasteiger partial charge in [-0.1, -0.05) is 27.7 Å². The summed E-state index contributed by atoms with van der Waals surface area (Å²) in [6.07, 6.45) is -1.63. The van der Waals surface area contributed by atoms with E-state index in [0.717, 1.165) is 17.5 Å². The fourth-order valence-electron chi connectivity index (χ4n) is 2.54. The normalized spacial score (nSPS) is 12.6. The first-order valence-corrected chi connectivity index (χ1v) is 7.03. The summed E-state index contributed by atoms with van der Waals surface area (Å²) in [7, 11) is 0. The van der Waals surface area contributed by atoms with Crippen LogP contribution in [0.5, 0.6) is 0 Å². The van der Waals surface area contributed by atoms with Crippen LogP contribution in [0.25, 0.3) is 5.65 Å². The molecule has 5 nitrogen and oxygen atoms in total. The summed E-state index contributed by atoms with van der Waals surface area (Å²) in [5.74, 6) is 0.705. The highest BCUT2D eigenvalue weighted by atomic mass is 19.3. The first-order valence-electron chi connectivity index (χ1n) is 7.03. The first-order chi connectivity index (χ1) is 9.78. The predicted octanol–water partition coefficient (Wildman–Crippen LogP) is 3.55. The molecule has 0 atom stereocenters. The number of halogens is 2. The van der Waals surface area contributed by atoms with Gasteiger partial charge < -0.3 is 5.32 Å². The Morgan fingerprint density at radius 3 is 2.57 bits per heavy atom. The molecule has 2 aromatic rings. The fraction of sp³-hybridized carbons (Fsp3) is 0.643. The standard InChI is InChI=1S/C14H21F2N5/c1-9(2)7-14(3,4)8-17-10-5-6-11-18-19-13(12(15)16)21(11)20-10/h5-6,9,12H,7-8H2,1-4H3,(H,17,20). The van der Waals surface area contributed by atoms with Gasteiger partial charge in [0.2, 0.25) is 5.82 Å². The van der Waals surface area contributed by atoms with E-state index in [4.69, 9.17) is 0 Å². The molecule has 0 saturated heterocycles. The van der Waals surface area contributed by atoms with Crippen LogP contribution in [0.2, 0.25) is 0 Å². The monoisotopic (exact) mass is 297 g/mol. The van der Waals surface area contributed by atoms with Gasteiger partial charge in [-0.3, -0.25) is 0 Å². The van der Waals surface area contributed by atoms with Gasteiger partial charge in [-0.25, -0.2) is 8.78 Å². The molecule has 7 heteroatoms. The van der Waals surface area contributed by atoms with Crippen molar-refractivity contribution in [3.05, 3.63) is 18.0 Å². The number of alkyl halides is 2. The van der Waals surface area contributed by atoms with Gasteiger partial charge in [0.25, 0.3) is 6.43 Å². The van der Waals surface area contributed by atoms with Crippen LogP contribution in [0.1, 0.15) is 46.4 Å². The molecule has 116 valence electrons. The molecule has 0 bridgehead atoms. The second-order valence-electron chi connectivity index (χ2n) is 6.46. The highest BCUT2D eigenvalue weighted by molar-refractivity contribution is 5.44. The van der Waals surface area contributed by atoms with Crippen molar-refractivity contribution in [2.24, 2.45) is 11.3 Å². The molecule has 2 heterocycles. The molecular formula is C14H21F2N5. The number of aromatic nitrogens is 4. The smallest absolute Gasteiger partial charge is 0.299 e. The van der Waals surface area contributed by atoms with Crippen molar-refractivity contribution in [2.45, 2.75) is 40.5 Å². The van der Waals surface area contributed by atoms with Crippen LogP contribution in [-0.2, 0) is 0 Å². The summed E-state index contributed by atoms with van der Waals surface area (Å²) in [6.45, 7) is 9.41. The van der Waals surface area contributed by atoms with Crippen LogP contribution < -0.4 is 5.32 Å². The summed E-state index contributed by atoms with van der Waals surface area (Å²) in [4.78, 5) is 0. The Balaban J connectivity index is 2.14. The highest BCUT2D eigenvalue weighted by Gasteiger charge is 2.20. The van der Waals surface area contributed by atoms with Gasteiger partial charge in [0.15, 0.2) is 5.65 Å². The van der Waals surface area contributed by atoms with E-state index in [9.17, 15) is 8.78 Å². The summed E-state index contributed by atoms with van der Waals surface area (Å²) in [5.41, 5.74) is 0.418. The lowest BCUT2D eigenvalue weighted by Crippen LogP contribution is -2.25. The van der Waals surface area contributed by atoms with Crippen LogP contribution in [0.4, 0.5) is 14.6 Å². The van der Waals surface area contributed by atoms with Crippen LogP contribution >= 0.6 is 0 Å². The number of fused-ring (bicyclic) bond motifs is 1. The van der Waals surface area contributed by atoms with Crippen molar-refractivity contribution in [1.29, 1.82) is 0 Å². The summed E-state index contributed by atoms with van der Waals surface area (Å²) >= 11 is 0. The minimum absolute atomic E-state index is 0.101. The molecule has 0 amide bonds. The van der Waals surface area contributed by atoms with E-state index in [1.807, 2.05) is 0 Å². The first kappa shape index (κ1) is 15.6. The molecule has 0 spiro atoms. The maximum Gasteiger partial charge on any atom is 0.299 e. The van der Waals surface area contributed by atoms with Crippen molar-refractivity contribution < 1.29 is 8.78 Å². The van der Waals surface area contributed by atoms with E-state index < -0.39 is 12.2 Å². The zero-order valence-electron chi connectivity index (χ0n) is 12.8. The van der Waals surface area contributed by atoms with Gasteiger partial charge in [0.05, 0.1) is 0 Å². The number of hydrogen-bond donors (Lipinski definition) is 1. The summed E-state index contributed by atoms with van der Waals surface area (Å²) < 4.78 is 26.7. The molecule has 0 fully saturated rings. The van der Waals surface area contributed by atoms with Gasteiger partial charge in [0.1, 0.15) is 5.82 Å². The largest absolute Gasteiger partial charge is 0.368 e. The Kier molecular flexibility index (Phi) is 4.39. The van der Waals surface area contributed by atoms with Crippen LogP contribution in [0.3, 0.4) is 0 Å². The number of rotatable bonds is 6.